The Hall–Kier alpha value is -0.760. The predicted octanol–water partition coefficient (Wildman–Crippen LogP) is 2.22. The number of nitrogens with zero attached hydrogens (tertiary/aromatic N) is 2. The molecule has 2 nitrogen and oxygen atoms in total. The molecule has 1 aliphatic rings. The number of hydrogen-bond donors (Lipinski definition) is 0. The standard InChI is InChI=1S/C12H20N2/c1-11(2)14-8-5-12(10-14)9-13-6-3-4-7-13/h3-4,6-7,11-12H,5,8-10H2,1-2H3/t12-/m1/s1. The van der Waals surface area contributed by atoms with E-state index >= 15 is 0 Å². The van der Waals surface area contributed by atoms with Crippen molar-refractivity contribution in [2.75, 3.05) is 13.1 Å². The topological polar surface area (TPSA) is 8.17 Å². The molecule has 1 aromatic heterocycles. The largest absolute Gasteiger partial charge is 0.354 e. The third-order valence-corrected chi connectivity index (χ3v) is 3.18. The SMILES string of the molecule is CC(C)N1CC[C@H](Cn2cccc2)C1. The summed E-state index contributed by atoms with van der Waals surface area (Å²) >= 11 is 0. The van der Waals surface area contributed by atoms with Gasteiger partial charge in [-0.15, -0.1) is 0 Å². The van der Waals surface area contributed by atoms with Gasteiger partial charge in [-0.05, 0) is 44.9 Å². The molecule has 0 amide bonds. The molecule has 14 heavy (non-hydrogen) atoms. The third kappa shape index (κ3) is 2.18. The molecule has 78 valence electrons. The molecule has 1 aromatic rings. The monoisotopic (exact) mass is 192 g/mol. The maximum Gasteiger partial charge on any atom is 0.0260 e. The minimum Gasteiger partial charge on any atom is -0.354 e. The van der Waals surface area contributed by atoms with Crippen molar-refractivity contribution in [1.82, 2.24) is 9.47 Å². The van der Waals surface area contributed by atoms with Gasteiger partial charge >= 0.3 is 0 Å². The van der Waals surface area contributed by atoms with Crippen LogP contribution < -0.4 is 0 Å². The Morgan fingerprint density at radius 3 is 2.57 bits per heavy atom. The van der Waals surface area contributed by atoms with Crippen LogP contribution in [0.2, 0.25) is 0 Å². The van der Waals surface area contributed by atoms with Crippen molar-refractivity contribution in [1.29, 1.82) is 0 Å². The Labute approximate surface area is 86.5 Å². The van der Waals surface area contributed by atoms with Gasteiger partial charge in [-0.1, -0.05) is 0 Å². The van der Waals surface area contributed by atoms with Crippen LogP contribution in [-0.4, -0.2) is 28.6 Å². The molecular weight excluding hydrogens is 172 g/mol. The molecule has 0 radical (unpaired) electrons. The molecule has 0 spiro atoms. The molecule has 0 N–H and O–H groups in total. The van der Waals surface area contributed by atoms with Crippen LogP contribution in [0.5, 0.6) is 0 Å². The van der Waals surface area contributed by atoms with E-state index in [0.29, 0.717) is 6.04 Å². The maximum atomic E-state index is 2.58. The molecule has 0 unspecified atom stereocenters. The first kappa shape index (κ1) is 9.78. The summed E-state index contributed by atoms with van der Waals surface area (Å²) in [4.78, 5) is 2.58. The molecular formula is C12H20N2. The van der Waals surface area contributed by atoms with E-state index in [2.05, 4.69) is 47.8 Å². The molecule has 1 atom stereocenters. The van der Waals surface area contributed by atoms with Crippen molar-refractivity contribution in [3.63, 3.8) is 0 Å². The van der Waals surface area contributed by atoms with Gasteiger partial charge in [0.25, 0.3) is 0 Å². The van der Waals surface area contributed by atoms with E-state index in [0.717, 1.165) is 5.92 Å². The maximum absolute atomic E-state index is 2.58. The van der Waals surface area contributed by atoms with Gasteiger partial charge in [0, 0.05) is 31.5 Å². The van der Waals surface area contributed by atoms with Crippen molar-refractivity contribution in [3.05, 3.63) is 24.5 Å². The summed E-state index contributed by atoms with van der Waals surface area (Å²) < 4.78 is 2.30. The summed E-state index contributed by atoms with van der Waals surface area (Å²) in [5, 5.41) is 0. The first-order chi connectivity index (χ1) is 6.75. The van der Waals surface area contributed by atoms with Crippen LogP contribution in [0, 0.1) is 5.92 Å². The summed E-state index contributed by atoms with van der Waals surface area (Å²) in [6.07, 6.45) is 5.69. The van der Waals surface area contributed by atoms with E-state index in [9.17, 15) is 0 Å². The average molecular weight is 192 g/mol. The molecule has 0 saturated carbocycles. The van der Waals surface area contributed by atoms with Crippen LogP contribution in [0.1, 0.15) is 20.3 Å². The van der Waals surface area contributed by atoms with Crippen LogP contribution >= 0.6 is 0 Å². The minimum atomic E-state index is 0.713. The Kier molecular flexibility index (Phi) is 2.92. The van der Waals surface area contributed by atoms with Crippen LogP contribution in [0.4, 0.5) is 0 Å². The second kappa shape index (κ2) is 4.18. The van der Waals surface area contributed by atoms with E-state index in [1.807, 2.05) is 0 Å². The highest BCUT2D eigenvalue weighted by Gasteiger charge is 2.23. The summed E-state index contributed by atoms with van der Waals surface area (Å²) in [6.45, 7) is 8.33. The molecule has 1 aliphatic heterocycles. The van der Waals surface area contributed by atoms with Crippen molar-refractivity contribution in [2.45, 2.75) is 32.9 Å². The van der Waals surface area contributed by atoms with Crippen LogP contribution in [-0.2, 0) is 6.54 Å². The Balaban J connectivity index is 1.84. The fourth-order valence-electron chi connectivity index (χ4n) is 2.27. The number of hydrogen-bond acceptors (Lipinski definition) is 1. The lowest BCUT2D eigenvalue weighted by Gasteiger charge is -2.20. The molecule has 0 aromatic carbocycles. The third-order valence-electron chi connectivity index (χ3n) is 3.18. The highest BCUT2D eigenvalue weighted by Crippen LogP contribution is 2.19. The van der Waals surface area contributed by atoms with Crippen LogP contribution in [0.25, 0.3) is 0 Å². The first-order valence-electron chi connectivity index (χ1n) is 5.60. The summed E-state index contributed by atoms with van der Waals surface area (Å²) in [7, 11) is 0. The van der Waals surface area contributed by atoms with E-state index in [1.54, 1.807) is 0 Å². The lowest BCUT2D eigenvalue weighted by Crippen LogP contribution is -2.28. The van der Waals surface area contributed by atoms with Gasteiger partial charge < -0.3 is 9.47 Å². The molecule has 2 heterocycles. The number of rotatable bonds is 3. The Morgan fingerprint density at radius 2 is 2.00 bits per heavy atom. The summed E-state index contributed by atoms with van der Waals surface area (Å²) in [5.41, 5.74) is 0. The highest BCUT2D eigenvalue weighted by molar-refractivity contribution is 4.91. The minimum absolute atomic E-state index is 0.713. The van der Waals surface area contributed by atoms with Crippen molar-refractivity contribution < 1.29 is 0 Å². The first-order valence-corrected chi connectivity index (χ1v) is 5.60. The van der Waals surface area contributed by atoms with Crippen molar-refractivity contribution >= 4 is 0 Å². The summed E-state index contributed by atoms with van der Waals surface area (Å²) in [6, 6.07) is 4.93. The normalized spacial score (nSPS) is 23.5. The smallest absolute Gasteiger partial charge is 0.0260 e. The molecule has 2 rings (SSSR count). The lowest BCUT2D eigenvalue weighted by molar-refractivity contribution is 0.261. The van der Waals surface area contributed by atoms with Gasteiger partial charge in [0.15, 0.2) is 0 Å². The van der Waals surface area contributed by atoms with E-state index in [1.165, 1.54) is 26.1 Å². The second-order valence-corrected chi connectivity index (χ2v) is 4.62. The van der Waals surface area contributed by atoms with Crippen molar-refractivity contribution in [3.8, 4) is 0 Å². The quantitative estimate of drug-likeness (QED) is 0.713. The summed E-state index contributed by atoms with van der Waals surface area (Å²) in [5.74, 6) is 0.852. The van der Waals surface area contributed by atoms with Crippen molar-refractivity contribution in [2.24, 2.45) is 5.92 Å². The van der Waals surface area contributed by atoms with E-state index in [4.69, 9.17) is 0 Å². The number of likely N-dealkylation sites (tertiary alicyclic amines) is 1. The molecule has 1 saturated heterocycles. The average Bonchev–Trinajstić information content (AvgIpc) is 2.75. The van der Waals surface area contributed by atoms with E-state index in [-0.39, 0.29) is 0 Å². The van der Waals surface area contributed by atoms with Crippen LogP contribution in [0.15, 0.2) is 24.5 Å². The molecule has 0 aliphatic carbocycles. The van der Waals surface area contributed by atoms with Gasteiger partial charge in [-0.3, -0.25) is 0 Å². The van der Waals surface area contributed by atoms with Gasteiger partial charge in [-0.25, -0.2) is 0 Å². The highest BCUT2D eigenvalue weighted by atomic mass is 15.2. The number of aromatic nitrogens is 1. The van der Waals surface area contributed by atoms with Crippen LogP contribution in [0.3, 0.4) is 0 Å². The van der Waals surface area contributed by atoms with Gasteiger partial charge in [0.05, 0.1) is 0 Å². The van der Waals surface area contributed by atoms with Gasteiger partial charge in [0.2, 0.25) is 0 Å². The van der Waals surface area contributed by atoms with Gasteiger partial charge in [-0.2, -0.15) is 0 Å². The zero-order valence-electron chi connectivity index (χ0n) is 9.19. The zero-order valence-corrected chi connectivity index (χ0v) is 9.19. The Morgan fingerprint density at radius 1 is 1.29 bits per heavy atom. The second-order valence-electron chi connectivity index (χ2n) is 4.62. The van der Waals surface area contributed by atoms with E-state index < -0.39 is 0 Å². The molecule has 1 fully saturated rings. The van der Waals surface area contributed by atoms with Gasteiger partial charge in [0.1, 0.15) is 0 Å². The predicted molar refractivity (Wildman–Crippen MR) is 59.2 cm³/mol. The Bertz CT molecular complexity index is 264. The zero-order chi connectivity index (χ0) is 9.97. The molecule has 0 bridgehead atoms. The lowest BCUT2D eigenvalue weighted by atomic mass is 10.1. The molecule has 2 heteroatoms. The fraction of sp³-hybridized carbons (Fsp3) is 0.667. The fourth-order valence-corrected chi connectivity index (χ4v) is 2.27.